The van der Waals surface area contributed by atoms with Crippen molar-refractivity contribution >= 4 is 0 Å². The van der Waals surface area contributed by atoms with Gasteiger partial charge >= 0.3 is 0 Å². The summed E-state index contributed by atoms with van der Waals surface area (Å²) < 4.78 is 5.52. The van der Waals surface area contributed by atoms with E-state index in [1.807, 2.05) is 0 Å². The fourth-order valence-corrected chi connectivity index (χ4v) is 2.18. The van der Waals surface area contributed by atoms with Crippen molar-refractivity contribution in [2.24, 2.45) is 0 Å². The lowest BCUT2D eigenvalue weighted by atomic mass is 9.75. The first-order chi connectivity index (χ1) is 7.71. The van der Waals surface area contributed by atoms with Gasteiger partial charge in [-0.1, -0.05) is 13.3 Å². The fourth-order valence-electron chi connectivity index (χ4n) is 2.18. The summed E-state index contributed by atoms with van der Waals surface area (Å²) in [4.78, 5) is 2.38. The monoisotopic (exact) mass is 228 g/mol. The third-order valence-electron chi connectivity index (χ3n) is 3.75. The SMILES string of the molecule is CCCCOCCNCC1(N(C)C)CCC1. The average molecular weight is 228 g/mol. The van der Waals surface area contributed by atoms with Gasteiger partial charge in [-0.3, -0.25) is 0 Å². The van der Waals surface area contributed by atoms with Gasteiger partial charge in [0, 0.05) is 25.2 Å². The highest BCUT2D eigenvalue weighted by Crippen LogP contribution is 2.35. The van der Waals surface area contributed by atoms with E-state index in [1.54, 1.807) is 0 Å². The molecule has 1 rings (SSSR count). The van der Waals surface area contributed by atoms with Crippen LogP contribution in [0.5, 0.6) is 0 Å². The lowest BCUT2D eigenvalue weighted by molar-refractivity contribution is 0.0563. The molecular weight excluding hydrogens is 200 g/mol. The van der Waals surface area contributed by atoms with Crippen molar-refractivity contribution in [1.82, 2.24) is 10.2 Å². The van der Waals surface area contributed by atoms with Crippen molar-refractivity contribution in [3.8, 4) is 0 Å². The van der Waals surface area contributed by atoms with Crippen LogP contribution in [0.15, 0.2) is 0 Å². The highest BCUT2D eigenvalue weighted by atomic mass is 16.5. The van der Waals surface area contributed by atoms with Crippen LogP contribution in [0.25, 0.3) is 0 Å². The Morgan fingerprint density at radius 2 is 2.00 bits per heavy atom. The van der Waals surface area contributed by atoms with Gasteiger partial charge in [-0.05, 0) is 39.8 Å². The Hall–Kier alpha value is -0.120. The third kappa shape index (κ3) is 4.04. The molecule has 3 nitrogen and oxygen atoms in total. The highest BCUT2D eigenvalue weighted by molar-refractivity contribution is 4.97. The first-order valence-electron chi connectivity index (χ1n) is 6.67. The van der Waals surface area contributed by atoms with Crippen LogP contribution in [-0.2, 0) is 4.74 Å². The van der Waals surface area contributed by atoms with Gasteiger partial charge in [0.1, 0.15) is 0 Å². The average Bonchev–Trinajstić information content (AvgIpc) is 2.19. The molecule has 0 atom stereocenters. The number of hydrogen-bond acceptors (Lipinski definition) is 3. The number of ether oxygens (including phenoxy) is 1. The summed E-state index contributed by atoms with van der Waals surface area (Å²) in [6, 6.07) is 0. The minimum absolute atomic E-state index is 0.434. The highest BCUT2D eigenvalue weighted by Gasteiger charge is 2.38. The number of unbranched alkanes of at least 4 members (excludes halogenated alkanes) is 1. The van der Waals surface area contributed by atoms with E-state index in [9.17, 15) is 0 Å². The number of nitrogens with zero attached hydrogens (tertiary/aromatic N) is 1. The minimum Gasteiger partial charge on any atom is -0.380 e. The third-order valence-corrected chi connectivity index (χ3v) is 3.75. The van der Waals surface area contributed by atoms with Crippen molar-refractivity contribution in [3.05, 3.63) is 0 Å². The van der Waals surface area contributed by atoms with Gasteiger partial charge in [-0.15, -0.1) is 0 Å². The zero-order valence-corrected chi connectivity index (χ0v) is 11.2. The Morgan fingerprint density at radius 1 is 1.25 bits per heavy atom. The Morgan fingerprint density at radius 3 is 2.50 bits per heavy atom. The maximum Gasteiger partial charge on any atom is 0.0590 e. The van der Waals surface area contributed by atoms with Gasteiger partial charge in [0.2, 0.25) is 0 Å². The maximum atomic E-state index is 5.52. The summed E-state index contributed by atoms with van der Waals surface area (Å²) in [5, 5.41) is 3.52. The van der Waals surface area contributed by atoms with Crippen LogP contribution in [0.3, 0.4) is 0 Å². The van der Waals surface area contributed by atoms with Crippen LogP contribution in [0, 0.1) is 0 Å². The van der Waals surface area contributed by atoms with E-state index >= 15 is 0 Å². The van der Waals surface area contributed by atoms with Crippen LogP contribution in [0.1, 0.15) is 39.0 Å². The first-order valence-corrected chi connectivity index (χ1v) is 6.67. The molecule has 3 heteroatoms. The molecule has 0 saturated heterocycles. The molecule has 0 amide bonds. The summed E-state index contributed by atoms with van der Waals surface area (Å²) in [6.45, 7) is 6.05. The van der Waals surface area contributed by atoms with E-state index in [4.69, 9.17) is 4.74 Å². The maximum absolute atomic E-state index is 5.52. The molecule has 1 fully saturated rings. The van der Waals surface area contributed by atoms with Crippen LogP contribution in [-0.4, -0.2) is 50.8 Å². The first kappa shape index (κ1) is 13.9. The molecular formula is C13H28N2O. The number of likely N-dealkylation sites (N-methyl/N-ethyl adjacent to an activating group) is 1. The lowest BCUT2D eigenvalue weighted by Crippen LogP contribution is -2.56. The normalized spacial score (nSPS) is 18.8. The Labute approximate surface area is 101 Å². The smallest absolute Gasteiger partial charge is 0.0590 e. The van der Waals surface area contributed by atoms with E-state index in [1.165, 1.54) is 32.1 Å². The Balaban J connectivity index is 1.98. The second-order valence-corrected chi connectivity index (χ2v) is 5.12. The lowest BCUT2D eigenvalue weighted by Gasteiger charge is -2.47. The molecule has 0 aromatic heterocycles. The number of nitrogens with one attached hydrogen (secondary N) is 1. The molecule has 0 heterocycles. The van der Waals surface area contributed by atoms with Crippen LogP contribution in [0.4, 0.5) is 0 Å². The molecule has 0 spiro atoms. The van der Waals surface area contributed by atoms with Gasteiger partial charge in [0.25, 0.3) is 0 Å². The van der Waals surface area contributed by atoms with Crippen molar-refractivity contribution in [1.29, 1.82) is 0 Å². The van der Waals surface area contributed by atoms with E-state index in [2.05, 4.69) is 31.2 Å². The molecule has 16 heavy (non-hydrogen) atoms. The van der Waals surface area contributed by atoms with Crippen LogP contribution in [0.2, 0.25) is 0 Å². The van der Waals surface area contributed by atoms with Gasteiger partial charge in [-0.25, -0.2) is 0 Å². The van der Waals surface area contributed by atoms with E-state index in [0.717, 1.165) is 26.3 Å². The van der Waals surface area contributed by atoms with E-state index in [0.29, 0.717) is 5.54 Å². The van der Waals surface area contributed by atoms with Crippen LogP contribution >= 0.6 is 0 Å². The minimum atomic E-state index is 0.434. The molecule has 0 radical (unpaired) electrons. The topological polar surface area (TPSA) is 24.5 Å². The molecule has 1 N–H and O–H groups in total. The van der Waals surface area contributed by atoms with E-state index in [-0.39, 0.29) is 0 Å². The van der Waals surface area contributed by atoms with Gasteiger partial charge in [0.05, 0.1) is 6.61 Å². The Kier molecular flexibility index (Phi) is 6.32. The predicted molar refractivity (Wildman–Crippen MR) is 68.9 cm³/mol. The van der Waals surface area contributed by atoms with Gasteiger partial charge in [0.15, 0.2) is 0 Å². The summed E-state index contributed by atoms with van der Waals surface area (Å²) in [6.07, 6.45) is 6.46. The summed E-state index contributed by atoms with van der Waals surface area (Å²) in [7, 11) is 4.39. The molecule has 1 saturated carbocycles. The molecule has 0 aliphatic heterocycles. The van der Waals surface area contributed by atoms with E-state index < -0.39 is 0 Å². The fraction of sp³-hybridized carbons (Fsp3) is 1.00. The number of hydrogen-bond donors (Lipinski definition) is 1. The van der Waals surface area contributed by atoms with Crippen LogP contribution < -0.4 is 5.32 Å². The van der Waals surface area contributed by atoms with Crippen molar-refractivity contribution < 1.29 is 4.74 Å². The largest absolute Gasteiger partial charge is 0.380 e. The zero-order valence-electron chi connectivity index (χ0n) is 11.2. The van der Waals surface area contributed by atoms with Crippen molar-refractivity contribution in [2.45, 2.75) is 44.6 Å². The molecule has 96 valence electrons. The van der Waals surface area contributed by atoms with Crippen molar-refractivity contribution in [2.75, 3.05) is 40.4 Å². The summed E-state index contributed by atoms with van der Waals surface area (Å²) in [5.74, 6) is 0. The molecule has 0 aromatic carbocycles. The van der Waals surface area contributed by atoms with Crippen molar-refractivity contribution in [3.63, 3.8) is 0 Å². The standard InChI is InChI=1S/C13H28N2O/c1-4-5-10-16-11-9-14-12-13(15(2)3)7-6-8-13/h14H,4-12H2,1-3H3. The molecule has 0 unspecified atom stereocenters. The van der Waals surface area contributed by atoms with Gasteiger partial charge in [-0.2, -0.15) is 0 Å². The molecule has 0 bridgehead atoms. The zero-order chi connectivity index (χ0) is 11.9. The molecule has 0 aromatic rings. The summed E-state index contributed by atoms with van der Waals surface area (Å²) >= 11 is 0. The molecule has 1 aliphatic carbocycles. The second-order valence-electron chi connectivity index (χ2n) is 5.12. The second kappa shape index (κ2) is 7.25. The quantitative estimate of drug-likeness (QED) is 0.610. The number of rotatable bonds is 9. The summed E-state index contributed by atoms with van der Waals surface area (Å²) in [5.41, 5.74) is 0.434. The molecule has 1 aliphatic rings. The Bertz CT molecular complexity index is 179. The predicted octanol–water partition coefficient (Wildman–Crippen LogP) is 1.88. The van der Waals surface area contributed by atoms with Gasteiger partial charge < -0.3 is 15.0 Å².